The molecule has 0 amide bonds. The van der Waals surface area contributed by atoms with Crippen LogP contribution in [0.3, 0.4) is 0 Å². The van der Waals surface area contributed by atoms with Crippen molar-refractivity contribution in [1.29, 1.82) is 0 Å². The van der Waals surface area contributed by atoms with Crippen LogP contribution in [0.1, 0.15) is 15.9 Å². The first-order valence-electron chi connectivity index (χ1n) is 8.97. The third-order valence-electron chi connectivity index (χ3n) is 5.38. The molecule has 0 fully saturated rings. The molecule has 0 N–H and O–H groups in total. The van der Waals surface area contributed by atoms with Gasteiger partial charge in [-0.05, 0) is 42.3 Å². The molecule has 0 aliphatic carbocycles. The molecule has 3 aromatic carbocycles. The quantitative estimate of drug-likeness (QED) is 0.626. The Morgan fingerprint density at radius 1 is 0.929 bits per heavy atom. The van der Waals surface area contributed by atoms with E-state index in [2.05, 4.69) is 17.0 Å². The molecule has 6 heteroatoms. The molecule has 140 valence electrons. The molecular weight excluding hydrogens is 390 g/mol. The predicted octanol–water partition coefficient (Wildman–Crippen LogP) is 4.50. The first-order chi connectivity index (χ1) is 13.5. The maximum atomic E-state index is 12.9. The molecule has 5 rings (SSSR count). The number of carbonyl (C=O) groups excluding carboxylic acids is 1. The van der Waals surface area contributed by atoms with E-state index in [1.807, 2.05) is 37.4 Å². The van der Waals surface area contributed by atoms with Gasteiger partial charge < -0.3 is 4.90 Å². The van der Waals surface area contributed by atoms with E-state index in [0.29, 0.717) is 5.56 Å². The zero-order valence-corrected chi connectivity index (χ0v) is 16.8. The summed E-state index contributed by atoms with van der Waals surface area (Å²) >= 11 is 1.67. The SMILES string of the molecule is CN1c2ccccc2Sc2cc(CC3C(=O)c4ccccc4S3(=O)=O)ccc21. The molecule has 28 heavy (non-hydrogen) atoms. The lowest BCUT2D eigenvalue weighted by Gasteiger charge is -2.29. The van der Waals surface area contributed by atoms with Gasteiger partial charge in [0.2, 0.25) is 0 Å². The van der Waals surface area contributed by atoms with Gasteiger partial charge in [0.05, 0.1) is 16.3 Å². The van der Waals surface area contributed by atoms with E-state index in [0.717, 1.165) is 26.7 Å². The smallest absolute Gasteiger partial charge is 0.189 e. The lowest BCUT2D eigenvalue weighted by atomic mass is 10.0. The average Bonchev–Trinajstić information content (AvgIpc) is 2.89. The predicted molar refractivity (Wildman–Crippen MR) is 111 cm³/mol. The zero-order chi connectivity index (χ0) is 19.5. The lowest BCUT2D eigenvalue weighted by Crippen LogP contribution is -2.25. The van der Waals surface area contributed by atoms with Crippen molar-refractivity contribution in [3.05, 3.63) is 77.9 Å². The highest BCUT2D eigenvalue weighted by molar-refractivity contribution is 7.99. The van der Waals surface area contributed by atoms with Crippen LogP contribution >= 0.6 is 11.8 Å². The van der Waals surface area contributed by atoms with Crippen molar-refractivity contribution in [3.63, 3.8) is 0 Å². The van der Waals surface area contributed by atoms with Crippen LogP contribution in [0, 0.1) is 0 Å². The van der Waals surface area contributed by atoms with Gasteiger partial charge in [0.25, 0.3) is 0 Å². The van der Waals surface area contributed by atoms with Crippen molar-refractivity contribution in [2.24, 2.45) is 0 Å². The third-order valence-corrected chi connectivity index (χ3v) is 8.59. The van der Waals surface area contributed by atoms with E-state index in [1.54, 1.807) is 30.0 Å². The van der Waals surface area contributed by atoms with Crippen LogP contribution in [0.15, 0.2) is 81.4 Å². The van der Waals surface area contributed by atoms with E-state index >= 15 is 0 Å². The maximum Gasteiger partial charge on any atom is 0.189 e. The number of hydrogen-bond acceptors (Lipinski definition) is 5. The topological polar surface area (TPSA) is 54.5 Å². The molecule has 0 saturated carbocycles. The highest BCUT2D eigenvalue weighted by Gasteiger charge is 2.43. The molecule has 2 aliphatic heterocycles. The number of Topliss-reactive ketones (excluding diaryl/α,β-unsaturated/α-hetero) is 1. The number of sulfone groups is 1. The van der Waals surface area contributed by atoms with Crippen molar-refractivity contribution in [2.75, 3.05) is 11.9 Å². The standard InChI is InChI=1S/C22H17NO3S2/c1-23-16-7-3-4-8-18(16)27-19-12-14(10-11-17(19)23)13-21-22(24)15-6-2-5-9-20(15)28(21,25)26/h2-12,21H,13H2,1H3. The number of benzene rings is 3. The van der Waals surface area contributed by atoms with Crippen molar-refractivity contribution < 1.29 is 13.2 Å². The highest BCUT2D eigenvalue weighted by atomic mass is 32.2. The van der Waals surface area contributed by atoms with Gasteiger partial charge in [-0.1, -0.05) is 48.2 Å². The second-order valence-corrected chi connectivity index (χ2v) is 10.2. The summed E-state index contributed by atoms with van der Waals surface area (Å²) in [5.41, 5.74) is 3.40. The number of ketones is 1. The number of nitrogens with zero attached hydrogens (tertiary/aromatic N) is 1. The number of hydrogen-bond donors (Lipinski definition) is 0. The summed E-state index contributed by atoms with van der Waals surface area (Å²) in [4.78, 5) is 17.3. The largest absolute Gasteiger partial charge is 0.343 e. The molecule has 0 saturated heterocycles. The molecule has 0 bridgehead atoms. The Bertz CT molecular complexity index is 1230. The molecule has 2 aliphatic rings. The Kier molecular flexibility index (Phi) is 3.89. The summed E-state index contributed by atoms with van der Waals surface area (Å²) in [6, 6.07) is 20.6. The summed E-state index contributed by atoms with van der Waals surface area (Å²) < 4.78 is 25.7. The van der Waals surface area contributed by atoms with Gasteiger partial charge in [-0.15, -0.1) is 0 Å². The van der Waals surface area contributed by atoms with E-state index in [4.69, 9.17) is 0 Å². The molecule has 1 atom stereocenters. The normalized spacial score (nSPS) is 19.1. The summed E-state index contributed by atoms with van der Waals surface area (Å²) in [7, 11) is -1.61. The van der Waals surface area contributed by atoms with E-state index < -0.39 is 15.1 Å². The van der Waals surface area contributed by atoms with E-state index in [1.165, 1.54) is 6.07 Å². The molecule has 4 nitrogen and oxygen atoms in total. The molecule has 0 spiro atoms. The van der Waals surface area contributed by atoms with Crippen LogP contribution in [0.5, 0.6) is 0 Å². The fraction of sp³-hybridized carbons (Fsp3) is 0.136. The molecule has 0 aromatic heterocycles. The third kappa shape index (κ3) is 2.52. The van der Waals surface area contributed by atoms with Crippen LogP contribution in [0.25, 0.3) is 0 Å². The van der Waals surface area contributed by atoms with Crippen LogP contribution in [0.4, 0.5) is 11.4 Å². The Morgan fingerprint density at radius 2 is 1.64 bits per heavy atom. The number of rotatable bonds is 2. The summed E-state index contributed by atoms with van der Waals surface area (Å²) in [5.74, 6) is -0.302. The maximum absolute atomic E-state index is 12.9. The van der Waals surface area contributed by atoms with E-state index in [9.17, 15) is 13.2 Å². The van der Waals surface area contributed by atoms with Gasteiger partial charge >= 0.3 is 0 Å². The summed E-state index contributed by atoms with van der Waals surface area (Å²) in [6.45, 7) is 0. The van der Waals surface area contributed by atoms with Crippen LogP contribution in [-0.4, -0.2) is 26.5 Å². The number of anilines is 2. The second kappa shape index (κ2) is 6.22. The Labute approximate surface area is 168 Å². The van der Waals surface area contributed by atoms with Crippen LogP contribution < -0.4 is 4.90 Å². The minimum Gasteiger partial charge on any atom is -0.343 e. The minimum atomic E-state index is -3.64. The van der Waals surface area contributed by atoms with Crippen LogP contribution in [0.2, 0.25) is 0 Å². The van der Waals surface area contributed by atoms with Crippen LogP contribution in [-0.2, 0) is 16.3 Å². The monoisotopic (exact) mass is 407 g/mol. The Balaban J connectivity index is 1.50. The molecule has 2 heterocycles. The molecule has 1 unspecified atom stereocenters. The second-order valence-electron chi connectivity index (χ2n) is 7.03. The van der Waals surface area contributed by atoms with Gasteiger partial charge in [-0.2, -0.15) is 0 Å². The Morgan fingerprint density at radius 3 is 2.46 bits per heavy atom. The first kappa shape index (κ1) is 17.5. The summed E-state index contributed by atoms with van der Waals surface area (Å²) in [5, 5.41) is -1.04. The minimum absolute atomic E-state index is 0.158. The number of para-hydroxylation sites is 1. The van der Waals surface area contributed by atoms with Crippen molar-refractivity contribution in [2.45, 2.75) is 26.4 Å². The average molecular weight is 408 g/mol. The van der Waals surface area contributed by atoms with Gasteiger partial charge in [-0.3, -0.25) is 4.79 Å². The van der Waals surface area contributed by atoms with Crippen molar-refractivity contribution >= 4 is 38.8 Å². The zero-order valence-electron chi connectivity index (χ0n) is 15.1. The van der Waals surface area contributed by atoms with Crippen molar-refractivity contribution in [3.8, 4) is 0 Å². The molecule has 3 aromatic rings. The first-order valence-corrected chi connectivity index (χ1v) is 11.3. The van der Waals surface area contributed by atoms with Crippen molar-refractivity contribution in [1.82, 2.24) is 0 Å². The van der Waals surface area contributed by atoms with E-state index in [-0.39, 0.29) is 17.1 Å². The summed E-state index contributed by atoms with van der Waals surface area (Å²) in [6.07, 6.45) is 0.190. The van der Waals surface area contributed by atoms with Gasteiger partial charge in [0.15, 0.2) is 15.6 Å². The fourth-order valence-corrected chi connectivity index (χ4v) is 7.00. The van der Waals surface area contributed by atoms with Gasteiger partial charge in [0, 0.05) is 22.4 Å². The van der Waals surface area contributed by atoms with Gasteiger partial charge in [-0.25, -0.2) is 8.42 Å². The lowest BCUT2D eigenvalue weighted by molar-refractivity contribution is 0.0990. The number of fused-ring (bicyclic) bond motifs is 3. The fourth-order valence-electron chi connectivity index (χ4n) is 3.92. The Hall–Kier alpha value is -2.57. The molecule has 0 radical (unpaired) electrons. The highest BCUT2D eigenvalue weighted by Crippen LogP contribution is 2.47. The number of carbonyl (C=O) groups is 1. The molecular formula is C22H17NO3S2. The van der Waals surface area contributed by atoms with Gasteiger partial charge in [0.1, 0.15) is 5.25 Å².